The molecule has 5 nitrogen and oxygen atoms in total. The summed E-state index contributed by atoms with van der Waals surface area (Å²) < 4.78 is 41.1. The van der Waals surface area contributed by atoms with Crippen molar-refractivity contribution in [2.45, 2.75) is 24.8 Å². The summed E-state index contributed by atoms with van der Waals surface area (Å²) in [6.07, 6.45) is 0. The number of carbonyl (C=O) groups is 1. The van der Waals surface area contributed by atoms with Crippen molar-refractivity contribution >= 4 is 33.2 Å². The molecule has 0 aliphatic heterocycles. The molecule has 1 amide bonds. The van der Waals surface area contributed by atoms with Crippen molar-refractivity contribution in [1.29, 1.82) is 0 Å². The van der Waals surface area contributed by atoms with Gasteiger partial charge in [0.05, 0.1) is 11.1 Å². The maximum Gasteiger partial charge on any atom is 0.263 e. The Morgan fingerprint density at radius 2 is 1.63 bits per heavy atom. The third-order valence-corrected chi connectivity index (χ3v) is 6.37. The van der Waals surface area contributed by atoms with Crippen molar-refractivity contribution in [1.82, 2.24) is 5.32 Å². The average molecular weight is 447 g/mol. The van der Waals surface area contributed by atoms with Crippen LogP contribution >= 0.6 is 11.6 Å². The van der Waals surface area contributed by atoms with Crippen molar-refractivity contribution in [2.75, 3.05) is 4.72 Å². The van der Waals surface area contributed by atoms with Gasteiger partial charge in [-0.15, -0.1) is 0 Å². The van der Waals surface area contributed by atoms with Crippen LogP contribution in [0.5, 0.6) is 0 Å². The van der Waals surface area contributed by atoms with Crippen LogP contribution in [0.2, 0.25) is 5.02 Å². The second-order valence-corrected chi connectivity index (χ2v) is 8.92. The van der Waals surface area contributed by atoms with Gasteiger partial charge in [0.25, 0.3) is 15.9 Å². The maximum atomic E-state index is 13.1. The van der Waals surface area contributed by atoms with E-state index in [4.69, 9.17) is 11.6 Å². The first-order valence-corrected chi connectivity index (χ1v) is 11.0. The molecule has 0 aliphatic rings. The Morgan fingerprint density at radius 1 is 1.00 bits per heavy atom. The summed E-state index contributed by atoms with van der Waals surface area (Å²) in [7, 11) is -4.00. The molecule has 0 saturated heterocycles. The van der Waals surface area contributed by atoms with E-state index in [-0.39, 0.29) is 21.3 Å². The minimum Gasteiger partial charge on any atom is -0.346 e. The lowest BCUT2D eigenvalue weighted by Gasteiger charge is -2.15. The molecule has 0 spiro atoms. The summed E-state index contributed by atoms with van der Waals surface area (Å²) in [5.41, 5.74) is 2.23. The van der Waals surface area contributed by atoms with Gasteiger partial charge in [-0.05, 0) is 61.9 Å². The summed E-state index contributed by atoms with van der Waals surface area (Å²) in [6, 6.07) is 16.2. The number of benzene rings is 3. The third-order valence-electron chi connectivity index (χ3n) is 4.50. The Labute approximate surface area is 179 Å². The third kappa shape index (κ3) is 5.17. The highest BCUT2D eigenvalue weighted by Crippen LogP contribution is 2.26. The lowest BCUT2D eigenvalue weighted by molar-refractivity contribution is 0.0939. The molecular weight excluding hydrogens is 427 g/mol. The number of hydrogen-bond acceptors (Lipinski definition) is 3. The Bertz CT molecular complexity index is 1160. The standard InChI is InChI=1S/C22H20ClFN2O3S/c1-14-3-10-19(11-4-14)26-30(28,29)21-13-17(7-12-20(21)23)22(27)25-15(2)16-5-8-18(24)9-6-16/h3-13,15,26H,1-2H3,(H,25,27). The van der Waals surface area contributed by atoms with Crippen molar-refractivity contribution in [3.63, 3.8) is 0 Å². The Kier molecular flexibility index (Phi) is 6.43. The van der Waals surface area contributed by atoms with E-state index < -0.39 is 22.0 Å². The summed E-state index contributed by atoms with van der Waals surface area (Å²) in [5, 5.41) is 2.76. The zero-order chi connectivity index (χ0) is 21.9. The number of amides is 1. The summed E-state index contributed by atoms with van der Waals surface area (Å²) >= 11 is 6.11. The Hall–Kier alpha value is -2.90. The van der Waals surface area contributed by atoms with Crippen LogP contribution < -0.4 is 10.0 Å². The minimum absolute atomic E-state index is 0.00209. The number of halogens is 2. The predicted molar refractivity (Wildman–Crippen MR) is 116 cm³/mol. The van der Waals surface area contributed by atoms with Crippen LogP contribution in [0.15, 0.2) is 71.6 Å². The van der Waals surface area contributed by atoms with E-state index in [1.807, 2.05) is 6.92 Å². The zero-order valence-electron chi connectivity index (χ0n) is 16.3. The van der Waals surface area contributed by atoms with E-state index in [1.54, 1.807) is 43.3 Å². The number of rotatable bonds is 6. The molecule has 156 valence electrons. The molecule has 0 fully saturated rings. The van der Waals surface area contributed by atoms with E-state index in [2.05, 4.69) is 10.0 Å². The number of hydrogen-bond donors (Lipinski definition) is 2. The van der Waals surface area contributed by atoms with E-state index in [0.717, 1.165) is 5.56 Å². The molecule has 0 aromatic heterocycles. The SMILES string of the molecule is Cc1ccc(NS(=O)(=O)c2cc(C(=O)NC(C)c3ccc(F)cc3)ccc2Cl)cc1. The van der Waals surface area contributed by atoms with Crippen LogP contribution in [0, 0.1) is 12.7 Å². The van der Waals surface area contributed by atoms with Crippen LogP contribution in [0.3, 0.4) is 0 Å². The molecule has 0 bridgehead atoms. The summed E-state index contributed by atoms with van der Waals surface area (Å²) in [5.74, 6) is -0.846. The zero-order valence-corrected chi connectivity index (χ0v) is 17.9. The highest BCUT2D eigenvalue weighted by molar-refractivity contribution is 7.92. The van der Waals surface area contributed by atoms with E-state index in [0.29, 0.717) is 11.3 Å². The van der Waals surface area contributed by atoms with Crippen LogP contribution in [-0.4, -0.2) is 14.3 Å². The second-order valence-electron chi connectivity index (χ2n) is 6.86. The smallest absolute Gasteiger partial charge is 0.263 e. The number of carbonyl (C=O) groups excluding carboxylic acids is 1. The molecule has 0 saturated carbocycles. The fraction of sp³-hybridized carbons (Fsp3) is 0.136. The van der Waals surface area contributed by atoms with Crippen LogP contribution in [0.25, 0.3) is 0 Å². The molecule has 3 aromatic rings. The molecule has 2 N–H and O–H groups in total. The molecule has 3 aromatic carbocycles. The average Bonchev–Trinajstić information content (AvgIpc) is 2.70. The lowest BCUT2D eigenvalue weighted by Crippen LogP contribution is -2.27. The largest absolute Gasteiger partial charge is 0.346 e. The fourth-order valence-electron chi connectivity index (χ4n) is 2.80. The quantitative estimate of drug-likeness (QED) is 0.554. The lowest BCUT2D eigenvalue weighted by atomic mass is 10.1. The van der Waals surface area contributed by atoms with Crippen LogP contribution in [-0.2, 0) is 10.0 Å². The molecule has 0 aliphatic carbocycles. The first kappa shape index (κ1) is 21.8. The first-order valence-electron chi connectivity index (χ1n) is 9.11. The molecule has 8 heteroatoms. The van der Waals surface area contributed by atoms with Gasteiger partial charge in [0.15, 0.2) is 0 Å². The highest BCUT2D eigenvalue weighted by atomic mass is 35.5. The van der Waals surface area contributed by atoms with Crippen molar-refractivity contribution in [3.8, 4) is 0 Å². The Balaban J connectivity index is 1.82. The van der Waals surface area contributed by atoms with Gasteiger partial charge in [-0.1, -0.05) is 41.4 Å². The predicted octanol–water partition coefficient (Wildman–Crippen LogP) is 5.08. The summed E-state index contributed by atoms with van der Waals surface area (Å²) in [6.45, 7) is 3.64. The summed E-state index contributed by atoms with van der Waals surface area (Å²) in [4.78, 5) is 12.4. The first-order chi connectivity index (χ1) is 14.2. The van der Waals surface area contributed by atoms with E-state index in [9.17, 15) is 17.6 Å². The van der Waals surface area contributed by atoms with Gasteiger partial charge < -0.3 is 5.32 Å². The van der Waals surface area contributed by atoms with Crippen molar-refractivity contribution in [2.24, 2.45) is 0 Å². The van der Waals surface area contributed by atoms with Crippen molar-refractivity contribution < 1.29 is 17.6 Å². The van der Waals surface area contributed by atoms with Gasteiger partial charge in [-0.25, -0.2) is 12.8 Å². The number of sulfonamides is 1. The number of anilines is 1. The molecule has 0 radical (unpaired) electrons. The van der Waals surface area contributed by atoms with Crippen molar-refractivity contribution in [3.05, 3.63) is 94.3 Å². The molecule has 30 heavy (non-hydrogen) atoms. The molecular formula is C22H20ClFN2O3S. The maximum absolute atomic E-state index is 13.1. The number of nitrogens with one attached hydrogen (secondary N) is 2. The van der Waals surface area contributed by atoms with Gasteiger partial charge in [0, 0.05) is 11.3 Å². The Morgan fingerprint density at radius 3 is 2.27 bits per heavy atom. The van der Waals surface area contributed by atoms with Crippen LogP contribution in [0.1, 0.15) is 34.5 Å². The van der Waals surface area contributed by atoms with Crippen LogP contribution in [0.4, 0.5) is 10.1 Å². The molecule has 3 rings (SSSR count). The fourth-order valence-corrected chi connectivity index (χ4v) is 4.38. The topological polar surface area (TPSA) is 75.3 Å². The van der Waals surface area contributed by atoms with Gasteiger partial charge in [0.2, 0.25) is 0 Å². The minimum atomic E-state index is -4.00. The normalized spacial score (nSPS) is 12.3. The second kappa shape index (κ2) is 8.85. The monoisotopic (exact) mass is 446 g/mol. The van der Waals surface area contributed by atoms with Gasteiger partial charge >= 0.3 is 0 Å². The van der Waals surface area contributed by atoms with Gasteiger partial charge in [-0.3, -0.25) is 9.52 Å². The highest BCUT2D eigenvalue weighted by Gasteiger charge is 2.21. The van der Waals surface area contributed by atoms with Gasteiger partial charge in [-0.2, -0.15) is 0 Å². The number of aryl methyl sites for hydroxylation is 1. The molecule has 1 atom stereocenters. The van der Waals surface area contributed by atoms with Gasteiger partial charge in [0.1, 0.15) is 10.7 Å². The molecule has 0 heterocycles. The van der Waals surface area contributed by atoms with E-state index in [1.165, 1.54) is 30.3 Å². The molecule has 1 unspecified atom stereocenters. The van der Waals surface area contributed by atoms with E-state index >= 15 is 0 Å².